The van der Waals surface area contributed by atoms with Gasteiger partial charge < -0.3 is 5.32 Å². The summed E-state index contributed by atoms with van der Waals surface area (Å²) >= 11 is 1.27. The number of thioether (sulfide) groups is 1. The summed E-state index contributed by atoms with van der Waals surface area (Å²) in [7, 11) is 0. The van der Waals surface area contributed by atoms with Crippen molar-refractivity contribution in [2.75, 3.05) is 5.75 Å². The topological polar surface area (TPSA) is 102 Å². The van der Waals surface area contributed by atoms with Crippen molar-refractivity contribution in [3.8, 4) is 17.1 Å². The van der Waals surface area contributed by atoms with Gasteiger partial charge >= 0.3 is 6.03 Å². The minimum atomic E-state index is -0.431. The van der Waals surface area contributed by atoms with E-state index in [-0.39, 0.29) is 17.7 Å². The fourth-order valence-electron chi connectivity index (χ4n) is 4.33. The molecular formula is C25H30N6O2S. The van der Waals surface area contributed by atoms with Crippen molar-refractivity contribution < 1.29 is 9.59 Å². The van der Waals surface area contributed by atoms with Crippen LogP contribution in [0.5, 0.6) is 0 Å². The first-order valence-corrected chi connectivity index (χ1v) is 12.8. The summed E-state index contributed by atoms with van der Waals surface area (Å²) in [4.78, 5) is 28.9. The van der Waals surface area contributed by atoms with Crippen LogP contribution in [0, 0.1) is 0 Å². The zero-order valence-corrected chi connectivity index (χ0v) is 20.4. The Balaban J connectivity index is 1.59. The summed E-state index contributed by atoms with van der Waals surface area (Å²) in [5, 5.41) is 14.8. The predicted octanol–water partition coefficient (Wildman–Crippen LogP) is 4.31. The highest BCUT2D eigenvalue weighted by molar-refractivity contribution is 7.99. The Hall–Kier alpha value is -3.20. The first-order valence-electron chi connectivity index (χ1n) is 11.8. The molecule has 1 fully saturated rings. The van der Waals surface area contributed by atoms with E-state index in [1.165, 1.54) is 22.9 Å². The summed E-state index contributed by atoms with van der Waals surface area (Å²) in [6.45, 7) is 4.24. The quantitative estimate of drug-likeness (QED) is 0.468. The van der Waals surface area contributed by atoms with Crippen molar-refractivity contribution in [3.63, 3.8) is 0 Å². The molecule has 0 atom stereocenters. The highest BCUT2D eigenvalue weighted by Gasteiger charge is 2.22. The lowest BCUT2D eigenvalue weighted by Crippen LogP contribution is -2.44. The lowest BCUT2D eigenvalue weighted by atomic mass is 10.0. The monoisotopic (exact) mass is 478 g/mol. The molecule has 0 unspecified atom stereocenters. The lowest BCUT2D eigenvalue weighted by Gasteiger charge is -2.18. The summed E-state index contributed by atoms with van der Waals surface area (Å²) in [6.07, 6.45) is 9.33. The molecule has 1 aliphatic rings. The minimum Gasteiger partial charge on any atom is -0.335 e. The smallest absolute Gasteiger partial charge is 0.321 e. The van der Waals surface area contributed by atoms with Gasteiger partial charge in [0.15, 0.2) is 11.0 Å². The molecular weight excluding hydrogens is 448 g/mol. The molecule has 1 aliphatic carbocycles. The Bertz CT molecular complexity index is 1120. The maximum Gasteiger partial charge on any atom is 0.321 e. The number of rotatable bonds is 8. The van der Waals surface area contributed by atoms with Crippen LogP contribution in [-0.2, 0) is 17.6 Å². The third kappa shape index (κ3) is 5.47. The van der Waals surface area contributed by atoms with Crippen molar-refractivity contribution in [1.29, 1.82) is 0 Å². The highest BCUT2D eigenvalue weighted by atomic mass is 32.2. The van der Waals surface area contributed by atoms with Crippen LogP contribution in [0.3, 0.4) is 0 Å². The fraction of sp³-hybridized carbons (Fsp3) is 0.400. The number of hydrogen-bond donors (Lipinski definition) is 2. The van der Waals surface area contributed by atoms with Gasteiger partial charge in [0.1, 0.15) is 0 Å². The summed E-state index contributed by atoms with van der Waals surface area (Å²) in [6, 6.07) is 9.82. The van der Waals surface area contributed by atoms with Crippen molar-refractivity contribution in [3.05, 3.63) is 53.9 Å². The molecule has 2 N–H and O–H groups in total. The average molecular weight is 479 g/mol. The second-order valence-corrected chi connectivity index (χ2v) is 9.25. The molecule has 9 heteroatoms. The maximum absolute atomic E-state index is 12.5. The predicted molar refractivity (Wildman–Crippen MR) is 133 cm³/mol. The molecule has 2 aromatic heterocycles. The molecule has 8 nitrogen and oxygen atoms in total. The minimum absolute atomic E-state index is 0.0546. The Morgan fingerprint density at radius 1 is 1.06 bits per heavy atom. The first-order chi connectivity index (χ1) is 16.6. The van der Waals surface area contributed by atoms with Crippen LogP contribution in [0.2, 0.25) is 0 Å². The van der Waals surface area contributed by atoms with E-state index in [0.29, 0.717) is 11.0 Å². The second kappa shape index (κ2) is 11.3. The number of imide groups is 1. The number of pyridine rings is 1. The van der Waals surface area contributed by atoms with Gasteiger partial charge in [0.25, 0.3) is 0 Å². The number of para-hydroxylation sites is 1. The van der Waals surface area contributed by atoms with E-state index in [4.69, 9.17) is 0 Å². The van der Waals surface area contributed by atoms with Gasteiger partial charge in [-0.1, -0.05) is 56.7 Å². The van der Waals surface area contributed by atoms with Crippen molar-refractivity contribution in [2.45, 2.75) is 63.6 Å². The molecule has 0 radical (unpaired) electrons. The summed E-state index contributed by atoms with van der Waals surface area (Å²) in [5.41, 5.74) is 4.23. The van der Waals surface area contributed by atoms with Crippen molar-refractivity contribution in [2.24, 2.45) is 0 Å². The van der Waals surface area contributed by atoms with E-state index in [1.54, 1.807) is 12.4 Å². The van der Waals surface area contributed by atoms with Crippen LogP contribution < -0.4 is 10.6 Å². The van der Waals surface area contributed by atoms with E-state index in [9.17, 15) is 9.59 Å². The van der Waals surface area contributed by atoms with Gasteiger partial charge in [-0.3, -0.25) is 19.7 Å². The van der Waals surface area contributed by atoms with E-state index in [2.05, 4.69) is 57.9 Å². The van der Waals surface area contributed by atoms with Gasteiger partial charge in [0.05, 0.1) is 11.4 Å². The van der Waals surface area contributed by atoms with Crippen LogP contribution >= 0.6 is 11.8 Å². The highest BCUT2D eigenvalue weighted by Crippen LogP contribution is 2.32. The van der Waals surface area contributed by atoms with Crippen molar-refractivity contribution in [1.82, 2.24) is 30.4 Å². The molecule has 34 heavy (non-hydrogen) atoms. The maximum atomic E-state index is 12.5. The number of carbonyl (C=O) groups is 2. The molecule has 178 valence electrons. The summed E-state index contributed by atoms with van der Waals surface area (Å²) in [5.74, 6) is 0.363. The standard InChI is InChI=1S/C25H30N6O2S/c1-3-17-9-7-10-18(4-2)22(17)31-23(19-11-8-14-26-15-19)29-30-25(31)34-16-21(32)28-24(33)27-20-12-5-6-13-20/h7-11,14-15,20H,3-6,12-13,16H2,1-2H3,(H2,27,28,32,33). The number of hydrogen-bond acceptors (Lipinski definition) is 6. The van der Waals surface area contributed by atoms with Gasteiger partial charge in [0.2, 0.25) is 5.91 Å². The van der Waals surface area contributed by atoms with Crippen LogP contribution in [0.25, 0.3) is 17.1 Å². The van der Waals surface area contributed by atoms with Crippen molar-refractivity contribution >= 4 is 23.7 Å². The number of aryl methyl sites for hydroxylation is 2. The molecule has 0 bridgehead atoms. The molecule has 0 saturated heterocycles. The first kappa shape index (κ1) is 23.9. The number of nitrogens with one attached hydrogen (secondary N) is 2. The van der Waals surface area contributed by atoms with Gasteiger partial charge in [0, 0.05) is 24.0 Å². The van der Waals surface area contributed by atoms with Gasteiger partial charge in [-0.15, -0.1) is 10.2 Å². The Labute approximate surface area is 204 Å². The number of urea groups is 1. The lowest BCUT2D eigenvalue weighted by molar-refractivity contribution is -0.117. The number of benzene rings is 1. The molecule has 0 aliphatic heterocycles. The molecule has 3 aromatic rings. The van der Waals surface area contributed by atoms with E-state index >= 15 is 0 Å². The SMILES string of the molecule is CCc1cccc(CC)c1-n1c(SCC(=O)NC(=O)NC2CCCC2)nnc1-c1cccnc1. The third-order valence-electron chi connectivity index (χ3n) is 6.02. The van der Waals surface area contributed by atoms with E-state index < -0.39 is 6.03 Å². The Morgan fingerprint density at radius 3 is 2.44 bits per heavy atom. The molecule has 0 spiro atoms. The van der Waals surface area contributed by atoms with Crippen LogP contribution in [0.15, 0.2) is 47.9 Å². The molecule has 1 aromatic carbocycles. The molecule has 4 rings (SSSR count). The normalized spacial score (nSPS) is 13.7. The number of amides is 3. The largest absolute Gasteiger partial charge is 0.335 e. The molecule has 3 amide bonds. The van der Waals surface area contributed by atoms with Gasteiger partial charge in [-0.2, -0.15) is 0 Å². The van der Waals surface area contributed by atoms with E-state index in [1.807, 2.05) is 16.7 Å². The number of nitrogens with zero attached hydrogens (tertiary/aromatic N) is 4. The van der Waals surface area contributed by atoms with Crippen LogP contribution in [0.4, 0.5) is 4.79 Å². The third-order valence-corrected chi connectivity index (χ3v) is 6.95. The summed E-state index contributed by atoms with van der Waals surface area (Å²) < 4.78 is 2.02. The van der Waals surface area contributed by atoms with Gasteiger partial charge in [-0.05, 0) is 48.9 Å². The van der Waals surface area contributed by atoms with Crippen LogP contribution in [0.1, 0.15) is 50.7 Å². The van der Waals surface area contributed by atoms with Crippen LogP contribution in [-0.4, -0.2) is 43.5 Å². The van der Waals surface area contributed by atoms with Gasteiger partial charge in [-0.25, -0.2) is 4.79 Å². The zero-order valence-electron chi connectivity index (χ0n) is 19.6. The Kier molecular flexibility index (Phi) is 7.95. The fourth-order valence-corrected chi connectivity index (χ4v) is 5.07. The molecule has 1 saturated carbocycles. The zero-order chi connectivity index (χ0) is 23.9. The average Bonchev–Trinajstić information content (AvgIpc) is 3.52. The second-order valence-electron chi connectivity index (χ2n) is 8.31. The molecule has 2 heterocycles. The number of carbonyl (C=O) groups excluding carboxylic acids is 2. The Morgan fingerprint density at radius 2 is 1.79 bits per heavy atom. The number of aromatic nitrogens is 4. The van der Waals surface area contributed by atoms with E-state index in [0.717, 1.165) is 49.8 Å².